The van der Waals surface area contributed by atoms with E-state index in [2.05, 4.69) is 5.32 Å². The number of benzene rings is 1. The molecule has 1 amide bonds. The van der Waals surface area contributed by atoms with Gasteiger partial charge >= 0.3 is 0 Å². The second-order valence-corrected chi connectivity index (χ2v) is 3.46. The molecule has 0 aliphatic heterocycles. The zero-order valence-electron chi connectivity index (χ0n) is 8.99. The van der Waals surface area contributed by atoms with Gasteiger partial charge in [0, 0.05) is 24.4 Å². The van der Waals surface area contributed by atoms with Crippen molar-refractivity contribution in [3.8, 4) is 0 Å². The normalized spacial score (nSPS) is 12.1. The minimum atomic E-state index is -0.133. The van der Waals surface area contributed by atoms with Gasteiger partial charge in [-0.05, 0) is 25.1 Å². The molecule has 0 aromatic heterocycles. The number of carbonyl (C=O) groups excluding carboxylic acids is 1. The van der Waals surface area contributed by atoms with Crippen molar-refractivity contribution in [1.82, 2.24) is 5.32 Å². The summed E-state index contributed by atoms with van der Waals surface area (Å²) in [5.41, 5.74) is 6.73. The highest BCUT2D eigenvalue weighted by atomic mass is 16.5. The van der Waals surface area contributed by atoms with Gasteiger partial charge in [0.2, 0.25) is 0 Å². The van der Waals surface area contributed by atoms with Crippen LogP contribution in [0.4, 0.5) is 5.69 Å². The van der Waals surface area contributed by atoms with Crippen LogP contribution in [0, 0.1) is 0 Å². The van der Waals surface area contributed by atoms with Crippen molar-refractivity contribution >= 4 is 11.6 Å². The Kier molecular flexibility index (Phi) is 4.12. The molecule has 4 nitrogen and oxygen atoms in total. The van der Waals surface area contributed by atoms with Gasteiger partial charge in [-0.1, -0.05) is 6.07 Å². The third-order valence-corrected chi connectivity index (χ3v) is 1.94. The highest BCUT2D eigenvalue weighted by Crippen LogP contribution is 2.06. The summed E-state index contributed by atoms with van der Waals surface area (Å²) in [7, 11) is 1.60. The second-order valence-electron chi connectivity index (χ2n) is 3.46. The molecule has 0 saturated carbocycles. The molecule has 0 fully saturated rings. The summed E-state index contributed by atoms with van der Waals surface area (Å²) in [5, 5.41) is 2.80. The van der Waals surface area contributed by atoms with Crippen LogP contribution in [0.15, 0.2) is 24.3 Å². The number of hydrogen-bond acceptors (Lipinski definition) is 3. The van der Waals surface area contributed by atoms with E-state index in [0.717, 1.165) is 0 Å². The van der Waals surface area contributed by atoms with E-state index < -0.39 is 0 Å². The number of nitrogens with two attached hydrogens (primary N) is 1. The molecule has 1 unspecified atom stereocenters. The molecule has 1 rings (SSSR count). The predicted molar refractivity (Wildman–Crippen MR) is 59.7 cm³/mol. The number of methoxy groups -OCH3 is 1. The topological polar surface area (TPSA) is 64.3 Å². The highest BCUT2D eigenvalue weighted by Gasteiger charge is 2.09. The smallest absolute Gasteiger partial charge is 0.251 e. The van der Waals surface area contributed by atoms with Gasteiger partial charge in [0.1, 0.15) is 0 Å². The zero-order valence-corrected chi connectivity index (χ0v) is 8.99. The summed E-state index contributed by atoms with van der Waals surface area (Å²) in [4.78, 5) is 11.7. The number of carbonyl (C=O) groups is 1. The van der Waals surface area contributed by atoms with E-state index >= 15 is 0 Å². The van der Waals surface area contributed by atoms with Crippen molar-refractivity contribution in [3.63, 3.8) is 0 Å². The monoisotopic (exact) mass is 208 g/mol. The number of amides is 1. The van der Waals surface area contributed by atoms with E-state index in [1.54, 1.807) is 31.4 Å². The summed E-state index contributed by atoms with van der Waals surface area (Å²) in [6, 6.07) is 6.87. The Bertz CT molecular complexity index is 339. The van der Waals surface area contributed by atoms with Crippen molar-refractivity contribution in [2.75, 3.05) is 19.5 Å². The second kappa shape index (κ2) is 5.36. The number of nitrogen functional groups attached to an aromatic ring is 1. The van der Waals surface area contributed by atoms with Crippen molar-refractivity contribution in [3.05, 3.63) is 29.8 Å². The first kappa shape index (κ1) is 11.5. The molecule has 1 atom stereocenters. The number of anilines is 1. The number of rotatable bonds is 4. The zero-order chi connectivity index (χ0) is 11.3. The number of hydrogen-bond donors (Lipinski definition) is 2. The molecule has 1 aromatic carbocycles. The van der Waals surface area contributed by atoms with Crippen LogP contribution < -0.4 is 11.1 Å². The molecule has 3 N–H and O–H groups in total. The molecular weight excluding hydrogens is 192 g/mol. The largest absolute Gasteiger partial charge is 0.399 e. The van der Waals surface area contributed by atoms with Gasteiger partial charge in [-0.2, -0.15) is 0 Å². The maximum absolute atomic E-state index is 11.7. The van der Waals surface area contributed by atoms with Crippen LogP contribution in [0.5, 0.6) is 0 Å². The summed E-state index contributed by atoms with van der Waals surface area (Å²) >= 11 is 0. The van der Waals surface area contributed by atoms with Crippen LogP contribution >= 0.6 is 0 Å². The molecule has 82 valence electrons. The first-order chi connectivity index (χ1) is 7.13. The summed E-state index contributed by atoms with van der Waals surface area (Å²) in [5.74, 6) is -0.133. The SMILES string of the molecule is COCC(C)NC(=O)c1cccc(N)c1. The minimum Gasteiger partial charge on any atom is -0.399 e. The molecular formula is C11H16N2O2. The molecule has 0 aliphatic carbocycles. The van der Waals surface area contributed by atoms with Crippen molar-refractivity contribution in [2.45, 2.75) is 13.0 Å². The maximum Gasteiger partial charge on any atom is 0.251 e. The van der Waals surface area contributed by atoms with Gasteiger partial charge in [0.15, 0.2) is 0 Å². The third-order valence-electron chi connectivity index (χ3n) is 1.94. The van der Waals surface area contributed by atoms with Crippen molar-refractivity contribution in [2.24, 2.45) is 0 Å². The van der Waals surface area contributed by atoms with Gasteiger partial charge in [-0.25, -0.2) is 0 Å². The fraction of sp³-hybridized carbons (Fsp3) is 0.364. The Balaban J connectivity index is 2.61. The quantitative estimate of drug-likeness (QED) is 0.726. The molecule has 0 aliphatic rings. The van der Waals surface area contributed by atoms with Crippen LogP contribution in [-0.2, 0) is 4.74 Å². The average molecular weight is 208 g/mol. The van der Waals surface area contributed by atoms with E-state index in [1.165, 1.54) is 0 Å². The molecule has 0 bridgehead atoms. The van der Waals surface area contributed by atoms with E-state index in [0.29, 0.717) is 17.9 Å². The third kappa shape index (κ3) is 3.59. The van der Waals surface area contributed by atoms with Crippen molar-refractivity contribution < 1.29 is 9.53 Å². The minimum absolute atomic E-state index is 0.0102. The van der Waals surface area contributed by atoms with Crippen LogP contribution in [0.25, 0.3) is 0 Å². The highest BCUT2D eigenvalue weighted by molar-refractivity contribution is 5.95. The summed E-state index contributed by atoms with van der Waals surface area (Å²) < 4.78 is 4.92. The molecule has 0 spiro atoms. The Labute approximate surface area is 89.4 Å². The number of ether oxygens (including phenoxy) is 1. The fourth-order valence-corrected chi connectivity index (χ4v) is 1.28. The first-order valence-corrected chi connectivity index (χ1v) is 4.79. The Morgan fingerprint density at radius 3 is 2.93 bits per heavy atom. The summed E-state index contributed by atoms with van der Waals surface area (Å²) in [6.45, 7) is 2.38. The lowest BCUT2D eigenvalue weighted by atomic mass is 10.2. The molecule has 15 heavy (non-hydrogen) atoms. The average Bonchev–Trinajstić information content (AvgIpc) is 2.18. The first-order valence-electron chi connectivity index (χ1n) is 4.79. The maximum atomic E-state index is 11.7. The van der Waals surface area contributed by atoms with Crippen LogP contribution in [0.1, 0.15) is 17.3 Å². The molecule has 4 heteroatoms. The van der Waals surface area contributed by atoms with Gasteiger partial charge < -0.3 is 15.8 Å². The molecule has 1 aromatic rings. The Morgan fingerprint density at radius 2 is 2.33 bits per heavy atom. The summed E-state index contributed by atoms with van der Waals surface area (Å²) in [6.07, 6.45) is 0. The van der Waals surface area contributed by atoms with E-state index in [1.807, 2.05) is 6.92 Å². The molecule has 0 radical (unpaired) electrons. The molecule has 0 heterocycles. The number of nitrogens with one attached hydrogen (secondary N) is 1. The lowest BCUT2D eigenvalue weighted by molar-refractivity contribution is 0.0905. The van der Waals surface area contributed by atoms with Gasteiger partial charge in [0.05, 0.1) is 6.61 Å². The van der Waals surface area contributed by atoms with Crippen LogP contribution in [0.3, 0.4) is 0 Å². The Hall–Kier alpha value is -1.55. The standard InChI is InChI=1S/C11H16N2O2/c1-8(7-15-2)13-11(14)9-4-3-5-10(12)6-9/h3-6,8H,7,12H2,1-2H3,(H,13,14). The van der Waals surface area contributed by atoms with Crippen LogP contribution in [-0.4, -0.2) is 25.7 Å². The van der Waals surface area contributed by atoms with Gasteiger partial charge in [0.25, 0.3) is 5.91 Å². The van der Waals surface area contributed by atoms with E-state index in [-0.39, 0.29) is 11.9 Å². The lowest BCUT2D eigenvalue weighted by Gasteiger charge is -2.12. The van der Waals surface area contributed by atoms with Crippen molar-refractivity contribution in [1.29, 1.82) is 0 Å². The van der Waals surface area contributed by atoms with Gasteiger partial charge in [-0.15, -0.1) is 0 Å². The fourth-order valence-electron chi connectivity index (χ4n) is 1.28. The van der Waals surface area contributed by atoms with Gasteiger partial charge in [-0.3, -0.25) is 4.79 Å². The lowest BCUT2D eigenvalue weighted by Crippen LogP contribution is -2.35. The van der Waals surface area contributed by atoms with E-state index in [9.17, 15) is 4.79 Å². The Morgan fingerprint density at radius 1 is 1.60 bits per heavy atom. The predicted octanol–water partition coefficient (Wildman–Crippen LogP) is 1.03. The molecule has 0 saturated heterocycles. The van der Waals surface area contributed by atoms with E-state index in [4.69, 9.17) is 10.5 Å². The van der Waals surface area contributed by atoms with Crippen LogP contribution in [0.2, 0.25) is 0 Å².